The highest BCUT2D eigenvalue weighted by Gasteiger charge is 2.15. The van der Waals surface area contributed by atoms with Crippen molar-refractivity contribution in [3.8, 4) is 0 Å². The second kappa shape index (κ2) is 8.63. The molecule has 4 heteroatoms. The molecule has 0 fully saturated rings. The number of ketones is 1. The van der Waals surface area contributed by atoms with Crippen molar-refractivity contribution < 1.29 is 14.7 Å². The number of carbonyl (C=O) groups excluding carboxylic acids is 1. The van der Waals surface area contributed by atoms with Crippen molar-refractivity contribution in [1.29, 1.82) is 0 Å². The van der Waals surface area contributed by atoms with Crippen molar-refractivity contribution in [1.82, 2.24) is 0 Å². The Hall–Kier alpha value is -1.94. The van der Waals surface area contributed by atoms with Gasteiger partial charge in [-0.05, 0) is 42.9 Å². The quantitative estimate of drug-likeness (QED) is 0.683. The zero-order valence-electron chi connectivity index (χ0n) is 13.3. The second-order valence-corrected chi connectivity index (χ2v) is 7.10. The summed E-state index contributed by atoms with van der Waals surface area (Å²) in [5.74, 6) is -0.917. The van der Waals surface area contributed by atoms with E-state index < -0.39 is 5.97 Å². The molecule has 1 N–H and O–H groups in total. The average Bonchev–Trinajstić information content (AvgIpc) is 2.96. The summed E-state index contributed by atoms with van der Waals surface area (Å²) in [7, 11) is 0. The van der Waals surface area contributed by atoms with Gasteiger partial charge in [0, 0.05) is 17.7 Å². The first-order valence-electron chi connectivity index (χ1n) is 7.92. The van der Waals surface area contributed by atoms with Crippen LogP contribution in [0.15, 0.2) is 42.5 Å². The Morgan fingerprint density at radius 1 is 1.04 bits per heavy atom. The number of aryl methyl sites for hydroxylation is 2. The number of carboxylic acid groups (broad SMARTS) is 1. The molecule has 3 nitrogen and oxygen atoms in total. The van der Waals surface area contributed by atoms with Crippen LogP contribution < -0.4 is 0 Å². The Kier molecular flexibility index (Phi) is 6.53. The van der Waals surface area contributed by atoms with Crippen LogP contribution in [0.25, 0.3) is 0 Å². The number of benzene rings is 1. The van der Waals surface area contributed by atoms with Gasteiger partial charge in [0.15, 0.2) is 5.78 Å². The van der Waals surface area contributed by atoms with Gasteiger partial charge in [-0.3, -0.25) is 9.59 Å². The van der Waals surface area contributed by atoms with E-state index in [-0.39, 0.29) is 18.1 Å². The van der Waals surface area contributed by atoms with E-state index in [2.05, 4.69) is 24.3 Å². The molecule has 0 saturated carbocycles. The molecule has 0 amide bonds. The first kappa shape index (κ1) is 17.4. The van der Waals surface area contributed by atoms with Gasteiger partial charge in [-0.15, -0.1) is 11.3 Å². The number of hydrogen-bond donors (Lipinski definition) is 1. The summed E-state index contributed by atoms with van der Waals surface area (Å²) in [6.07, 6.45) is 3.42. The van der Waals surface area contributed by atoms with Crippen LogP contribution in [0.2, 0.25) is 0 Å². The van der Waals surface area contributed by atoms with Gasteiger partial charge in [-0.2, -0.15) is 0 Å². The zero-order chi connectivity index (χ0) is 16.7. The van der Waals surface area contributed by atoms with Crippen molar-refractivity contribution in [2.24, 2.45) is 5.92 Å². The molecule has 2 rings (SSSR count). The lowest BCUT2D eigenvalue weighted by Gasteiger charge is -2.05. The minimum Gasteiger partial charge on any atom is -0.481 e. The standard InChI is InChI=1S/C19H22O3S/c1-14(13-19(21)22)12-17(20)18-11-10-16(23-18)9-5-8-15-6-3-2-4-7-15/h2-4,6-7,10-11,14H,5,8-9,12-13H2,1H3,(H,21,22). The highest BCUT2D eigenvalue weighted by Crippen LogP contribution is 2.22. The van der Waals surface area contributed by atoms with Gasteiger partial charge in [-0.1, -0.05) is 37.3 Å². The van der Waals surface area contributed by atoms with Crippen molar-refractivity contribution >= 4 is 23.1 Å². The maximum absolute atomic E-state index is 12.2. The lowest BCUT2D eigenvalue weighted by Crippen LogP contribution is -2.09. The van der Waals surface area contributed by atoms with Crippen molar-refractivity contribution in [3.05, 3.63) is 57.8 Å². The minimum atomic E-state index is -0.849. The third-order valence-corrected chi connectivity index (χ3v) is 4.91. The summed E-state index contributed by atoms with van der Waals surface area (Å²) in [6, 6.07) is 14.3. The van der Waals surface area contributed by atoms with Crippen LogP contribution in [-0.2, 0) is 17.6 Å². The zero-order valence-corrected chi connectivity index (χ0v) is 14.1. The molecule has 0 bridgehead atoms. The molecule has 1 aromatic heterocycles. The fourth-order valence-electron chi connectivity index (χ4n) is 2.56. The van der Waals surface area contributed by atoms with Gasteiger partial charge < -0.3 is 5.11 Å². The van der Waals surface area contributed by atoms with Crippen LogP contribution in [0.1, 0.15) is 46.3 Å². The molecule has 122 valence electrons. The van der Waals surface area contributed by atoms with Gasteiger partial charge in [0.1, 0.15) is 0 Å². The first-order valence-corrected chi connectivity index (χ1v) is 8.74. The number of hydrogen-bond acceptors (Lipinski definition) is 3. The van der Waals surface area contributed by atoms with Gasteiger partial charge in [0.05, 0.1) is 4.88 Å². The predicted octanol–water partition coefficient (Wildman–Crippen LogP) is 4.61. The Morgan fingerprint density at radius 3 is 2.48 bits per heavy atom. The van der Waals surface area contributed by atoms with E-state index in [0.29, 0.717) is 6.42 Å². The van der Waals surface area contributed by atoms with Gasteiger partial charge in [-0.25, -0.2) is 0 Å². The number of aliphatic carboxylic acids is 1. The van der Waals surface area contributed by atoms with Gasteiger partial charge in [0.25, 0.3) is 0 Å². The summed E-state index contributed by atoms with van der Waals surface area (Å²) in [5.41, 5.74) is 1.34. The highest BCUT2D eigenvalue weighted by atomic mass is 32.1. The Bertz CT molecular complexity index is 646. The van der Waals surface area contributed by atoms with E-state index in [1.165, 1.54) is 10.4 Å². The predicted molar refractivity (Wildman–Crippen MR) is 93.2 cm³/mol. The minimum absolute atomic E-state index is 0.0427. The van der Waals surface area contributed by atoms with Gasteiger partial charge >= 0.3 is 5.97 Å². The van der Waals surface area contributed by atoms with Crippen molar-refractivity contribution in [2.45, 2.75) is 39.0 Å². The first-order chi connectivity index (χ1) is 11.0. The van der Waals surface area contributed by atoms with E-state index in [9.17, 15) is 9.59 Å². The van der Waals surface area contributed by atoms with Crippen molar-refractivity contribution in [2.75, 3.05) is 0 Å². The van der Waals surface area contributed by atoms with Crippen LogP contribution in [0.5, 0.6) is 0 Å². The fourth-order valence-corrected chi connectivity index (χ4v) is 3.56. The van der Waals surface area contributed by atoms with Crippen LogP contribution in [0.4, 0.5) is 0 Å². The third kappa shape index (κ3) is 5.99. The fraction of sp³-hybridized carbons (Fsp3) is 0.368. The molecule has 0 aliphatic heterocycles. The number of carboxylic acids is 1. The number of Topliss-reactive ketones (excluding diaryl/α,β-unsaturated/α-hetero) is 1. The molecule has 1 aromatic carbocycles. The Morgan fingerprint density at radius 2 is 1.78 bits per heavy atom. The largest absolute Gasteiger partial charge is 0.481 e. The molecule has 0 radical (unpaired) electrons. The number of rotatable bonds is 9. The molecule has 23 heavy (non-hydrogen) atoms. The van der Waals surface area contributed by atoms with Crippen LogP contribution in [0, 0.1) is 5.92 Å². The van der Waals surface area contributed by atoms with E-state index in [1.54, 1.807) is 18.3 Å². The summed E-state index contributed by atoms with van der Waals surface area (Å²) in [5, 5.41) is 8.75. The third-order valence-electron chi connectivity index (χ3n) is 3.72. The molecular weight excluding hydrogens is 308 g/mol. The smallest absolute Gasteiger partial charge is 0.303 e. The summed E-state index contributed by atoms with van der Waals surface area (Å²) in [6.45, 7) is 1.81. The molecule has 2 aromatic rings. The molecule has 1 heterocycles. The highest BCUT2D eigenvalue weighted by molar-refractivity contribution is 7.14. The van der Waals surface area contributed by atoms with Crippen LogP contribution >= 0.6 is 11.3 Å². The molecule has 0 spiro atoms. The lowest BCUT2D eigenvalue weighted by atomic mass is 10.0. The Labute approximate surface area is 141 Å². The maximum atomic E-state index is 12.2. The van der Waals surface area contributed by atoms with Gasteiger partial charge in [0.2, 0.25) is 0 Å². The topological polar surface area (TPSA) is 54.4 Å². The lowest BCUT2D eigenvalue weighted by molar-refractivity contribution is -0.137. The summed E-state index contributed by atoms with van der Waals surface area (Å²) < 4.78 is 0. The summed E-state index contributed by atoms with van der Waals surface area (Å²) in [4.78, 5) is 24.8. The Balaban J connectivity index is 1.80. The molecule has 0 saturated heterocycles. The molecule has 1 unspecified atom stereocenters. The average molecular weight is 330 g/mol. The number of thiophene rings is 1. The van der Waals surface area contributed by atoms with E-state index in [1.807, 2.05) is 18.2 Å². The molecule has 0 aliphatic carbocycles. The van der Waals surface area contributed by atoms with E-state index in [4.69, 9.17) is 5.11 Å². The maximum Gasteiger partial charge on any atom is 0.303 e. The number of carbonyl (C=O) groups is 2. The van der Waals surface area contributed by atoms with Crippen LogP contribution in [-0.4, -0.2) is 16.9 Å². The van der Waals surface area contributed by atoms with Crippen LogP contribution in [0.3, 0.4) is 0 Å². The summed E-state index contributed by atoms with van der Waals surface area (Å²) >= 11 is 1.54. The van der Waals surface area contributed by atoms with E-state index >= 15 is 0 Å². The second-order valence-electron chi connectivity index (χ2n) is 5.94. The molecule has 1 atom stereocenters. The monoisotopic (exact) mass is 330 g/mol. The SMILES string of the molecule is CC(CC(=O)O)CC(=O)c1ccc(CCCc2ccccc2)s1. The molecular formula is C19H22O3S. The van der Waals surface area contributed by atoms with Crippen molar-refractivity contribution in [3.63, 3.8) is 0 Å². The normalized spacial score (nSPS) is 12.0. The van der Waals surface area contributed by atoms with E-state index in [0.717, 1.165) is 24.1 Å². The molecule has 0 aliphatic rings.